The summed E-state index contributed by atoms with van der Waals surface area (Å²) in [6, 6.07) is 16.3. The summed E-state index contributed by atoms with van der Waals surface area (Å²) in [6.07, 6.45) is 5.05. The van der Waals surface area contributed by atoms with Crippen molar-refractivity contribution in [1.82, 2.24) is 25.2 Å². The van der Waals surface area contributed by atoms with Crippen LogP contribution >= 0.6 is 0 Å². The standard InChI is InChI=1S/C25H27N5O3/c1-25(2,29-22(31)17-33-18-9-4-3-5-10-18)24(32)30-16-8-12-21(30)19-13-15-27-23(28-19)20-11-6-7-14-26-20/h3-7,9-11,13-15,21H,8,12,16-17H2,1-2H3,(H,29,31). The number of amides is 2. The molecule has 1 atom stereocenters. The van der Waals surface area contributed by atoms with E-state index in [-0.39, 0.29) is 24.5 Å². The predicted octanol–water partition coefficient (Wildman–Crippen LogP) is 3.18. The van der Waals surface area contributed by atoms with Crippen LogP contribution in [0.5, 0.6) is 5.75 Å². The highest BCUT2D eigenvalue weighted by Crippen LogP contribution is 2.33. The van der Waals surface area contributed by atoms with E-state index in [1.807, 2.05) is 42.5 Å². The number of benzene rings is 1. The number of hydrogen-bond donors (Lipinski definition) is 1. The van der Waals surface area contributed by atoms with Gasteiger partial charge in [0.25, 0.3) is 5.91 Å². The quantitative estimate of drug-likeness (QED) is 0.600. The number of hydrogen-bond acceptors (Lipinski definition) is 6. The Labute approximate surface area is 193 Å². The Morgan fingerprint density at radius 3 is 2.61 bits per heavy atom. The normalized spacial score (nSPS) is 15.8. The highest BCUT2D eigenvalue weighted by molar-refractivity contribution is 5.91. The van der Waals surface area contributed by atoms with Gasteiger partial charge in [-0.05, 0) is 57.0 Å². The first-order chi connectivity index (χ1) is 15.9. The molecule has 170 valence electrons. The predicted molar refractivity (Wildman–Crippen MR) is 123 cm³/mol. The van der Waals surface area contributed by atoms with E-state index < -0.39 is 5.54 Å². The van der Waals surface area contributed by atoms with Gasteiger partial charge in [0.05, 0.1) is 11.7 Å². The number of pyridine rings is 1. The minimum Gasteiger partial charge on any atom is -0.484 e. The molecule has 33 heavy (non-hydrogen) atoms. The third-order valence-electron chi connectivity index (χ3n) is 5.53. The molecule has 1 saturated heterocycles. The highest BCUT2D eigenvalue weighted by atomic mass is 16.5. The van der Waals surface area contributed by atoms with Gasteiger partial charge in [-0.15, -0.1) is 0 Å². The monoisotopic (exact) mass is 445 g/mol. The zero-order valence-corrected chi connectivity index (χ0v) is 18.8. The largest absolute Gasteiger partial charge is 0.484 e. The minimum absolute atomic E-state index is 0.156. The van der Waals surface area contributed by atoms with Crippen molar-refractivity contribution in [2.24, 2.45) is 0 Å². The second-order valence-corrected chi connectivity index (χ2v) is 8.45. The number of rotatable bonds is 7. The molecule has 1 aliphatic rings. The molecule has 3 heterocycles. The molecule has 0 spiro atoms. The van der Waals surface area contributed by atoms with Crippen molar-refractivity contribution in [3.05, 3.63) is 72.7 Å². The van der Waals surface area contributed by atoms with Crippen LogP contribution in [0.15, 0.2) is 67.0 Å². The van der Waals surface area contributed by atoms with Crippen molar-refractivity contribution in [1.29, 1.82) is 0 Å². The minimum atomic E-state index is -1.09. The number of nitrogens with one attached hydrogen (secondary N) is 1. The molecule has 8 heteroatoms. The van der Waals surface area contributed by atoms with Gasteiger partial charge in [-0.3, -0.25) is 14.6 Å². The molecule has 0 aliphatic carbocycles. The van der Waals surface area contributed by atoms with Crippen LogP contribution in [0.2, 0.25) is 0 Å². The number of carbonyl (C=O) groups is 2. The van der Waals surface area contributed by atoms with Crippen molar-refractivity contribution < 1.29 is 14.3 Å². The number of nitrogens with zero attached hydrogens (tertiary/aromatic N) is 4. The molecule has 1 fully saturated rings. The van der Waals surface area contributed by atoms with Crippen molar-refractivity contribution in [3.8, 4) is 17.3 Å². The Balaban J connectivity index is 1.44. The van der Waals surface area contributed by atoms with E-state index in [4.69, 9.17) is 4.74 Å². The number of likely N-dealkylation sites (tertiary alicyclic amines) is 1. The van der Waals surface area contributed by atoms with Crippen LogP contribution in [-0.4, -0.2) is 50.4 Å². The van der Waals surface area contributed by atoms with Gasteiger partial charge >= 0.3 is 0 Å². The number of para-hydroxylation sites is 1. The Bertz CT molecular complexity index is 1110. The van der Waals surface area contributed by atoms with Gasteiger partial charge in [-0.1, -0.05) is 24.3 Å². The van der Waals surface area contributed by atoms with Gasteiger partial charge in [0.2, 0.25) is 5.91 Å². The maximum atomic E-state index is 13.4. The molecule has 1 N–H and O–H groups in total. The van der Waals surface area contributed by atoms with Gasteiger partial charge in [-0.2, -0.15) is 0 Å². The topological polar surface area (TPSA) is 97.3 Å². The molecule has 1 aliphatic heterocycles. The van der Waals surface area contributed by atoms with Crippen LogP contribution in [0.3, 0.4) is 0 Å². The molecule has 1 aromatic carbocycles. The summed E-state index contributed by atoms with van der Waals surface area (Å²) in [5.74, 6) is 0.616. The molecule has 4 rings (SSSR count). The van der Waals surface area contributed by atoms with E-state index in [0.29, 0.717) is 23.8 Å². The summed E-state index contributed by atoms with van der Waals surface area (Å²) >= 11 is 0. The van der Waals surface area contributed by atoms with Gasteiger partial charge in [0, 0.05) is 18.9 Å². The van der Waals surface area contributed by atoms with Crippen molar-refractivity contribution >= 4 is 11.8 Å². The van der Waals surface area contributed by atoms with Crippen LogP contribution in [0, 0.1) is 0 Å². The van der Waals surface area contributed by atoms with E-state index in [1.165, 1.54) is 0 Å². The Morgan fingerprint density at radius 2 is 1.85 bits per heavy atom. The Hall–Kier alpha value is -3.81. The second-order valence-electron chi connectivity index (χ2n) is 8.45. The molecule has 1 unspecified atom stereocenters. The van der Waals surface area contributed by atoms with Gasteiger partial charge in [0.1, 0.15) is 17.0 Å². The second kappa shape index (κ2) is 9.77. The lowest BCUT2D eigenvalue weighted by molar-refractivity contribution is -0.141. The van der Waals surface area contributed by atoms with E-state index in [0.717, 1.165) is 18.5 Å². The Morgan fingerprint density at radius 1 is 1.06 bits per heavy atom. The first-order valence-electron chi connectivity index (χ1n) is 11.0. The van der Waals surface area contributed by atoms with Gasteiger partial charge < -0.3 is 15.0 Å². The summed E-state index contributed by atoms with van der Waals surface area (Å²) in [4.78, 5) is 41.0. The third kappa shape index (κ3) is 5.34. The summed E-state index contributed by atoms with van der Waals surface area (Å²) in [6.45, 7) is 3.87. The van der Waals surface area contributed by atoms with Crippen LogP contribution in [0.1, 0.15) is 38.4 Å². The van der Waals surface area contributed by atoms with Gasteiger partial charge in [0.15, 0.2) is 12.4 Å². The Kier molecular flexibility index (Phi) is 6.63. The zero-order chi connectivity index (χ0) is 23.3. The summed E-state index contributed by atoms with van der Waals surface area (Å²) in [5, 5.41) is 2.81. The van der Waals surface area contributed by atoms with E-state index in [1.54, 1.807) is 43.3 Å². The first kappa shape index (κ1) is 22.4. The molecule has 3 aromatic rings. The van der Waals surface area contributed by atoms with Crippen molar-refractivity contribution in [3.63, 3.8) is 0 Å². The molecule has 8 nitrogen and oxygen atoms in total. The van der Waals surface area contributed by atoms with Crippen LogP contribution in [-0.2, 0) is 9.59 Å². The molecular weight excluding hydrogens is 418 g/mol. The fourth-order valence-corrected chi connectivity index (χ4v) is 3.96. The van der Waals surface area contributed by atoms with Crippen LogP contribution in [0.25, 0.3) is 11.5 Å². The first-order valence-corrected chi connectivity index (χ1v) is 11.0. The number of aromatic nitrogens is 3. The smallest absolute Gasteiger partial charge is 0.258 e. The molecule has 2 amide bonds. The zero-order valence-electron chi connectivity index (χ0n) is 18.8. The van der Waals surface area contributed by atoms with Crippen LogP contribution < -0.4 is 10.1 Å². The maximum absolute atomic E-state index is 13.4. The SMILES string of the molecule is CC(C)(NC(=O)COc1ccccc1)C(=O)N1CCCC1c1ccnc(-c2ccccn2)n1. The third-order valence-corrected chi connectivity index (χ3v) is 5.53. The number of carbonyl (C=O) groups excluding carboxylic acids is 2. The lowest BCUT2D eigenvalue weighted by atomic mass is 10.0. The van der Waals surface area contributed by atoms with Crippen molar-refractivity contribution in [2.75, 3.05) is 13.2 Å². The highest BCUT2D eigenvalue weighted by Gasteiger charge is 2.40. The van der Waals surface area contributed by atoms with Crippen LogP contribution in [0.4, 0.5) is 0 Å². The van der Waals surface area contributed by atoms with E-state index >= 15 is 0 Å². The summed E-state index contributed by atoms with van der Waals surface area (Å²) < 4.78 is 5.50. The molecule has 2 aromatic heterocycles. The van der Waals surface area contributed by atoms with Gasteiger partial charge in [-0.25, -0.2) is 9.97 Å². The average Bonchev–Trinajstić information content (AvgIpc) is 3.33. The molecule has 0 radical (unpaired) electrons. The van der Waals surface area contributed by atoms with E-state index in [9.17, 15) is 9.59 Å². The molecular formula is C25H27N5O3. The summed E-state index contributed by atoms with van der Waals surface area (Å²) in [7, 11) is 0. The molecule has 0 bridgehead atoms. The lowest BCUT2D eigenvalue weighted by Gasteiger charge is -2.33. The fraction of sp³-hybridized carbons (Fsp3) is 0.320. The van der Waals surface area contributed by atoms with E-state index in [2.05, 4.69) is 20.3 Å². The lowest BCUT2D eigenvalue weighted by Crippen LogP contribution is -2.56. The fourth-order valence-electron chi connectivity index (χ4n) is 3.96. The molecule has 0 saturated carbocycles. The average molecular weight is 446 g/mol. The summed E-state index contributed by atoms with van der Waals surface area (Å²) in [5.41, 5.74) is 0.364. The maximum Gasteiger partial charge on any atom is 0.258 e. The number of ether oxygens (including phenoxy) is 1. The van der Waals surface area contributed by atoms with Crippen molar-refractivity contribution in [2.45, 2.75) is 38.3 Å².